The molecule has 1 aromatic rings. The summed E-state index contributed by atoms with van der Waals surface area (Å²) in [7, 11) is 1.99. The van der Waals surface area contributed by atoms with Crippen molar-refractivity contribution in [3.05, 3.63) is 34.6 Å². The van der Waals surface area contributed by atoms with Crippen LogP contribution in [0.25, 0.3) is 0 Å². The molecule has 0 amide bonds. The topological polar surface area (TPSA) is 3.24 Å². The first-order valence-electron chi connectivity index (χ1n) is 5.08. The minimum atomic E-state index is -0.385. The first-order valence-corrected chi connectivity index (χ1v) is 5.99. The van der Waals surface area contributed by atoms with Gasteiger partial charge >= 0.3 is 0 Å². The first-order chi connectivity index (χ1) is 7.36. The molecule has 1 rings (SSSR count). The lowest BCUT2D eigenvalue weighted by Gasteiger charge is -2.33. The third-order valence-corrected chi connectivity index (χ3v) is 3.71. The molecule has 0 fully saturated rings. The van der Waals surface area contributed by atoms with Crippen LogP contribution in [0.1, 0.15) is 19.4 Å². The summed E-state index contributed by atoms with van der Waals surface area (Å²) in [4.78, 5) is 2.11. The molecule has 0 N–H and O–H groups in total. The Balaban J connectivity index is 2.77. The van der Waals surface area contributed by atoms with Crippen LogP contribution in [0.15, 0.2) is 18.2 Å². The highest BCUT2D eigenvalue weighted by Crippen LogP contribution is 2.20. The molecule has 0 aromatic heterocycles. The Bertz CT molecular complexity index is 366. The summed E-state index contributed by atoms with van der Waals surface area (Å²) >= 11 is 11.6. The Morgan fingerprint density at radius 1 is 1.38 bits per heavy atom. The standard InChI is InChI=1S/C12H16Cl2FN/c1-12(2,8-13)16(3)7-9-4-5-11(15)10(14)6-9/h4-6H,7-8H2,1-3H3. The van der Waals surface area contributed by atoms with Crippen molar-refractivity contribution in [2.45, 2.75) is 25.9 Å². The summed E-state index contributed by atoms with van der Waals surface area (Å²) in [6, 6.07) is 4.78. The largest absolute Gasteiger partial charge is 0.296 e. The average molecular weight is 264 g/mol. The molecule has 4 heteroatoms. The van der Waals surface area contributed by atoms with Crippen molar-refractivity contribution in [1.82, 2.24) is 4.90 Å². The lowest BCUT2D eigenvalue weighted by atomic mass is 10.1. The van der Waals surface area contributed by atoms with Crippen molar-refractivity contribution in [2.24, 2.45) is 0 Å². The normalized spacial score (nSPS) is 12.2. The highest BCUT2D eigenvalue weighted by Gasteiger charge is 2.22. The smallest absolute Gasteiger partial charge is 0.141 e. The molecule has 0 bridgehead atoms. The van der Waals surface area contributed by atoms with Crippen LogP contribution in [0.2, 0.25) is 5.02 Å². The van der Waals surface area contributed by atoms with Gasteiger partial charge in [-0.05, 0) is 38.6 Å². The Hall–Kier alpha value is -0.310. The van der Waals surface area contributed by atoms with Crippen LogP contribution in [-0.2, 0) is 6.54 Å². The molecule has 0 saturated heterocycles. The first kappa shape index (κ1) is 13.8. The van der Waals surface area contributed by atoms with E-state index in [-0.39, 0.29) is 16.4 Å². The summed E-state index contributed by atoms with van der Waals surface area (Å²) < 4.78 is 13.0. The molecule has 0 saturated carbocycles. The van der Waals surface area contributed by atoms with E-state index < -0.39 is 0 Å². The highest BCUT2D eigenvalue weighted by atomic mass is 35.5. The van der Waals surface area contributed by atoms with E-state index in [1.54, 1.807) is 12.1 Å². The molecule has 0 aliphatic carbocycles. The van der Waals surface area contributed by atoms with Gasteiger partial charge < -0.3 is 0 Å². The van der Waals surface area contributed by atoms with Crippen LogP contribution in [0, 0.1) is 5.82 Å². The van der Waals surface area contributed by atoms with E-state index in [1.807, 2.05) is 7.05 Å². The van der Waals surface area contributed by atoms with Crippen LogP contribution < -0.4 is 0 Å². The van der Waals surface area contributed by atoms with Crippen molar-refractivity contribution in [1.29, 1.82) is 0 Å². The van der Waals surface area contributed by atoms with Crippen LogP contribution in [0.3, 0.4) is 0 Å². The zero-order valence-corrected chi connectivity index (χ0v) is 11.2. The van der Waals surface area contributed by atoms with Crippen molar-refractivity contribution in [3.8, 4) is 0 Å². The van der Waals surface area contributed by atoms with E-state index in [9.17, 15) is 4.39 Å². The van der Waals surface area contributed by atoms with Crippen molar-refractivity contribution < 1.29 is 4.39 Å². The number of benzene rings is 1. The fourth-order valence-corrected chi connectivity index (χ4v) is 1.64. The van der Waals surface area contributed by atoms with Gasteiger partial charge in [-0.1, -0.05) is 17.7 Å². The van der Waals surface area contributed by atoms with Crippen molar-refractivity contribution >= 4 is 23.2 Å². The molecule has 0 radical (unpaired) electrons. The van der Waals surface area contributed by atoms with E-state index in [0.717, 1.165) is 5.56 Å². The summed E-state index contributed by atoms with van der Waals surface area (Å²) in [5.41, 5.74) is 0.884. The highest BCUT2D eigenvalue weighted by molar-refractivity contribution is 6.30. The Kier molecular flexibility index (Phi) is 4.60. The summed E-state index contributed by atoms with van der Waals surface area (Å²) in [6.45, 7) is 4.82. The van der Waals surface area contributed by atoms with Gasteiger partial charge in [-0.15, -0.1) is 11.6 Å². The summed E-state index contributed by atoms with van der Waals surface area (Å²) in [6.07, 6.45) is 0. The van der Waals surface area contributed by atoms with Gasteiger partial charge in [0.25, 0.3) is 0 Å². The molecule has 0 spiro atoms. The maximum atomic E-state index is 13.0. The number of halogens is 3. The predicted octanol–water partition coefficient (Wildman–Crippen LogP) is 3.93. The maximum Gasteiger partial charge on any atom is 0.141 e. The van der Waals surface area contributed by atoms with Gasteiger partial charge in [-0.2, -0.15) is 0 Å². The molecule has 0 atom stereocenters. The van der Waals surface area contributed by atoms with Crippen molar-refractivity contribution in [2.75, 3.05) is 12.9 Å². The monoisotopic (exact) mass is 263 g/mol. The summed E-state index contributed by atoms with van der Waals surface area (Å²) in [5.74, 6) is 0.156. The molecule has 1 nitrogen and oxygen atoms in total. The lowest BCUT2D eigenvalue weighted by molar-refractivity contribution is 0.170. The molecule has 0 aliphatic rings. The van der Waals surface area contributed by atoms with E-state index in [2.05, 4.69) is 18.7 Å². The van der Waals surface area contributed by atoms with Gasteiger partial charge in [0.1, 0.15) is 5.82 Å². The second kappa shape index (κ2) is 5.35. The minimum Gasteiger partial charge on any atom is -0.296 e. The number of hydrogen-bond acceptors (Lipinski definition) is 1. The van der Waals surface area contributed by atoms with Crippen LogP contribution >= 0.6 is 23.2 Å². The van der Waals surface area contributed by atoms with Crippen molar-refractivity contribution in [3.63, 3.8) is 0 Å². The predicted molar refractivity (Wildman–Crippen MR) is 67.7 cm³/mol. The van der Waals surface area contributed by atoms with E-state index in [4.69, 9.17) is 23.2 Å². The molecular formula is C12H16Cl2FN. The maximum absolute atomic E-state index is 13.0. The second-order valence-corrected chi connectivity index (χ2v) is 5.23. The third-order valence-electron chi connectivity index (χ3n) is 2.76. The zero-order chi connectivity index (χ0) is 12.3. The molecule has 90 valence electrons. The van der Waals surface area contributed by atoms with Gasteiger partial charge in [0.15, 0.2) is 0 Å². The average Bonchev–Trinajstić information content (AvgIpc) is 2.23. The number of nitrogens with zero attached hydrogens (tertiary/aromatic N) is 1. The molecular weight excluding hydrogens is 248 g/mol. The quantitative estimate of drug-likeness (QED) is 0.745. The number of hydrogen-bond donors (Lipinski definition) is 0. The second-order valence-electron chi connectivity index (χ2n) is 4.55. The van der Waals surface area contributed by atoms with Gasteiger partial charge in [-0.3, -0.25) is 4.90 Å². The van der Waals surface area contributed by atoms with Crippen LogP contribution in [0.5, 0.6) is 0 Å². The molecule has 0 heterocycles. The SMILES string of the molecule is CN(Cc1ccc(F)c(Cl)c1)C(C)(C)CCl. The Morgan fingerprint density at radius 2 is 2.00 bits per heavy atom. The van der Waals surface area contributed by atoms with Gasteiger partial charge in [-0.25, -0.2) is 4.39 Å². The molecule has 0 unspecified atom stereocenters. The minimum absolute atomic E-state index is 0.0948. The summed E-state index contributed by atoms with van der Waals surface area (Å²) in [5, 5.41) is 0.162. The van der Waals surface area contributed by atoms with Crippen LogP contribution in [0.4, 0.5) is 4.39 Å². The zero-order valence-electron chi connectivity index (χ0n) is 9.73. The molecule has 1 aromatic carbocycles. The lowest BCUT2D eigenvalue weighted by Crippen LogP contribution is -2.42. The van der Waals surface area contributed by atoms with E-state index in [1.165, 1.54) is 6.07 Å². The number of alkyl halides is 1. The van der Waals surface area contributed by atoms with Crippen LogP contribution in [-0.4, -0.2) is 23.4 Å². The molecule has 0 aliphatic heterocycles. The number of rotatable bonds is 4. The van der Waals surface area contributed by atoms with Gasteiger partial charge in [0.2, 0.25) is 0 Å². The third kappa shape index (κ3) is 3.34. The van der Waals surface area contributed by atoms with Gasteiger partial charge in [0.05, 0.1) is 5.02 Å². The fraction of sp³-hybridized carbons (Fsp3) is 0.500. The van der Waals surface area contributed by atoms with Gasteiger partial charge in [0, 0.05) is 18.0 Å². The Labute approximate surface area is 106 Å². The van der Waals surface area contributed by atoms with E-state index in [0.29, 0.717) is 12.4 Å². The fourth-order valence-electron chi connectivity index (χ4n) is 1.23. The Morgan fingerprint density at radius 3 is 2.50 bits per heavy atom. The van der Waals surface area contributed by atoms with E-state index >= 15 is 0 Å². The molecule has 16 heavy (non-hydrogen) atoms.